The molecule has 0 aliphatic heterocycles. The second-order valence-corrected chi connectivity index (χ2v) is 7.18. The molecule has 0 saturated carbocycles. The summed E-state index contributed by atoms with van der Waals surface area (Å²) >= 11 is 0. The Kier molecular flexibility index (Phi) is 7.05. The molecule has 10 heteroatoms. The highest BCUT2D eigenvalue weighted by molar-refractivity contribution is 5.95. The van der Waals surface area contributed by atoms with Gasteiger partial charge in [0.15, 0.2) is 0 Å². The second-order valence-electron chi connectivity index (χ2n) is 7.18. The summed E-state index contributed by atoms with van der Waals surface area (Å²) in [7, 11) is 2.77. The van der Waals surface area contributed by atoms with Gasteiger partial charge in [-0.15, -0.1) is 0 Å². The van der Waals surface area contributed by atoms with Gasteiger partial charge in [-0.05, 0) is 42.8 Å². The number of rotatable bonds is 7. The third-order valence-electron chi connectivity index (χ3n) is 5.09. The molecular weight excluding hydrogens is 439 g/mol. The van der Waals surface area contributed by atoms with Crippen LogP contribution in [0.3, 0.4) is 0 Å². The quantitative estimate of drug-likeness (QED) is 0.532. The minimum atomic E-state index is -4.50. The SMILES string of the molecule is COC(=O)CC(NC(=O)c1cnn(-c2cccc(C(F)(F)F)c2)c1C)c1ccc(OC)cc1. The van der Waals surface area contributed by atoms with Gasteiger partial charge < -0.3 is 14.8 Å². The molecule has 0 fully saturated rings. The Balaban J connectivity index is 1.87. The average Bonchev–Trinajstić information content (AvgIpc) is 3.19. The van der Waals surface area contributed by atoms with Crippen molar-refractivity contribution in [3.63, 3.8) is 0 Å². The summed E-state index contributed by atoms with van der Waals surface area (Å²) in [5, 5.41) is 6.87. The van der Waals surface area contributed by atoms with Crippen LogP contribution in [-0.4, -0.2) is 35.9 Å². The number of amides is 1. The molecule has 0 spiro atoms. The van der Waals surface area contributed by atoms with E-state index in [2.05, 4.69) is 10.4 Å². The van der Waals surface area contributed by atoms with Crippen LogP contribution >= 0.6 is 0 Å². The van der Waals surface area contributed by atoms with Crippen LogP contribution < -0.4 is 10.1 Å². The van der Waals surface area contributed by atoms with E-state index in [9.17, 15) is 22.8 Å². The molecule has 2 aromatic carbocycles. The lowest BCUT2D eigenvalue weighted by Gasteiger charge is -2.18. The molecule has 33 heavy (non-hydrogen) atoms. The summed E-state index contributed by atoms with van der Waals surface area (Å²) in [6, 6.07) is 10.8. The molecular formula is C23H22F3N3O4. The molecule has 0 saturated heterocycles. The van der Waals surface area contributed by atoms with E-state index >= 15 is 0 Å². The number of ether oxygens (including phenoxy) is 2. The Labute approximate surface area is 188 Å². The van der Waals surface area contributed by atoms with E-state index in [0.29, 0.717) is 17.0 Å². The van der Waals surface area contributed by atoms with Crippen molar-refractivity contribution in [3.8, 4) is 11.4 Å². The van der Waals surface area contributed by atoms with Crippen LogP contribution in [0, 0.1) is 6.92 Å². The molecule has 174 valence electrons. The van der Waals surface area contributed by atoms with Crippen LogP contribution in [0.25, 0.3) is 5.69 Å². The predicted octanol–water partition coefficient (Wildman–Crippen LogP) is 4.24. The van der Waals surface area contributed by atoms with Gasteiger partial charge in [-0.25, -0.2) is 4.68 Å². The summed E-state index contributed by atoms with van der Waals surface area (Å²) in [5.74, 6) is -0.442. The number of benzene rings is 2. The molecule has 1 amide bonds. The van der Waals surface area contributed by atoms with Gasteiger partial charge in [0.25, 0.3) is 5.91 Å². The molecule has 3 aromatic rings. The van der Waals surface area contributed by atoms with E-state index in [-0.39, 0.29) is 17.7 Å². The lowest BCUT2D eigenvalue weighted by Crippen LogP contribution is -2.30. The van der Waals surface area contributed by atoms with Gasteiger partial charge in [-0.3, -0.25) is 9.59 Å². The number of hydrogen-bond donors (Lipinski definition) is 1. The Morgan fingerprint density at radius 1 is 1.12 bits per heavy atom. The number of nitrogens with one attached hydrogen (secondary N) is 1. The van der Waals surface area contributed by atoms with Gasteiger partial charge in [-0.2, -0.15) is 18.3 Å². The Morgan fingerprint density at radius 3 is 2.42 bits per heavy atom. The van der Waals surface area contributed by atoms with Crippen molar-refractivity contribution in [1.29, 1.82) is 0 Å². The second kappa shape index (κ2) is 9.76. The Bertz CT molecular complexity index is 1140. The van der Waals surface area contributed by atoms with Crippen molar-refractivity contribution in [2.45, 2.75) is 25.6 Å². The summed E-state index contributed by atoms with van der Waals surface area (Å²) in [6.07, 6.45) is -3.35. The monoisotopic (exact) mass is 461 g/mol. The first-order valence-corrected chi connectivity index (χ1v) is 9.88. The number of methoxy groups -OCH3 is 2. The van der Waals surface area contributed by atoms with Crippen LogP contribution in [0.5, 0.6) is 5.75 Å². The maximum absolute atomic E-state index is 13.1. The average molecular weight is 461 g/mol. The standard InChI is InChI=1S/C23H22F3N3O4/c1-14-19(13-27-29(14)17-6-4-5-16(11-17)23(24,25)26)22(31)28-20(12-21(30)33-3)15-7-9-18(32-2)10-8-15/h4-11,13,20H,12H2,1-3H3,(H,28,31). The van der Waals surface area contributed by atoms with E-state index in [1.165, 1.54) is 37.2 Å². The van der Waals surface area contributed by atoms with E-state index in [0.717, 1.165) is 12.1 Å². The van der Waals surface area contributed by atoms with Crippen molar-refractivity contribution in [2.24, 2.45) is 0 Å². The zero-order valence-corrected chi connectivity index (χ0v) is 18.1. The van der Waals surface area contributed by atoms with Crippen LogP contribution in [0.4, 0.5) is 13.2 Å². The molecule has 0 aliphatic rings. The minimum Gasteiger partial charge on any atom is -0.497 e. The largest absolute Gasteiger partial charge is 0.497 e. The summed E-state index contributed by atoms with van der Waals surface area (Å²) in [4.78, 5) is 24.9. The molecule has 3 rings (SSSR count). The topological polar surface area (TPSA) is 82.5 Å². The van der Waals surface area contributed by atoms with Gasteiger partial charge >= 0.3 is 12.1 Å². The molecule has 1 heterocycles. The van der Waals surface area contributed by atoms with Crippen molar-refractivity contribution >= 4 is 11.9 Å². The maximum atomic E-state index is 13.1. The first kappa shape index (κ1) is 23.8. The number of alkyl halides is 3. The van der Waals surface area contributed by atoms with Crippen molar-refractivity contribution in [3.05, 3.63) is 77.1 Å². The zero-order valence-electron chi connectivity index (χ0n) is 18.1. The Hall–Kier alpha value is -3.82. The summed E-state index contributed by atoms with van der Waals surface area (Å²) < 4.78 is 50.3. The van der Waals surface area contributed by atoms with Gasteiger partial charge in [0.1, 0.15) is 5.75 Å². The molecule has 1 N–H and O–H groups in total. The van der Waals surface area contributed by atoms with Gasteiger partial charge in [0.2, 0.25) is 0 Å². The highest BCUT2D eigenvalue weighted by Crippen LogP contribution is 2.30. The van der Waals surface area contributed by atoms with Crippen molar-refractivity contribution in [2.75, 3.05) is 14.2 Å². The molecule has 1 unspecified atom stereocenters. The number of hydrogen-bond acceptors (Lipinski definition) is 5. The number of carbonyl (C=O) groups is 2. The van der Waals surface area contributed by atoms with Crippen molar-refractivity contribution in [1.82, 2.24) is 15.1 Å². The number of nitrogens with zero attached hydrogens (tertiary/aromatic N) is 2. The predicted molar refractivity (Wildman–Crippen MR) is 113 cm³/mol. The van der Waals surface area contributed by atoms with E-state index in [1.807, 2.05) is 0 Å². The Morgan fingerprint density at radius 2 is 1.82 bits per heavy atom. The fourth-order valence-electron chi connectivity index (χ4n) is 3.28. The van der Waals surface area contributed by atoms with Crippen LogP contribution in [0.2, 0.25) is 0 Å². The number of halogens is 3. The number of carbonyl (C=O) groups excluding carboxylic acids is 2. The lowest BCUT2D eigenvalue weighted by molar-refractivity contribution is -0.141. The van der Waals surface area contributed by atoms with Crippen LogP contribution in [0.15, 0.2) is 54.7 Å². The molecule has 0 aliphatic carbocycles. The van der Waals surface area contributed by atoms with E-state index in [1.54, 1.807) is 31.2 Å². The molecule has 0 bridgehead atoms. The van der Waals surface area contributed by atoms with Gasteiger partial charge in [0.05, 0.1) is 55.4 Å². The first-order chi connectivity index (χ1) is 15.6. The van der Waals surface area contributed by atoms with Gasteiger partial charge in [-0.1, -0.05) is 18.2 Å². The fraction of sp³-hybridized carbons (Fsp3) is 0.261. The summed E-state index contributed by atoms with van der Waals surface area (Å²) in [5.41, 5.74) is 0.507. The summed E-state index contributed by atoms with van der Waals surface area (Å²) in [6.45, 7) is 1.57. The lowest BCUT2D eigenvalue weighted by atomic mass is 10.0. The third-order valence-corrected chi connectivity index (χ3v) is 5.09. The van der Waals surface area contributed by atoms with Crippen LogP contribution in [-0.2, 0) is 15.7 Å². The van der Waals surface area contributed by atoms with Gasteiger partial charge in [0, 0.05) is 0 Å². The zero-order chi connectivity index (χ0) is 24.2. The highest BCUT2D eigenvalue weighted by atomic mass is 19.4. The maximum Gasteiger partial charge on any atom is 0.416 e. The van der Waals surface area contributed by atoms with Crippen LogP contribution in [0.1, 0.15) is 39.6 Å². The number of esters is 1. The third kappa shape index (κ3) is 5.51. The number of aromatic nitrogens is 2. The highest BCUT2D eigenvalue weighted by Gasteiger charge is 2.31. The first-order valence-electron chi connectivity index (χ1n) is 9.88. The smallest absolute Gasteiger partial charge is 0.416 e. The normalized spacial score (nSPS) is 12.2. The van der Waals surface area contributed by atoms with Crippen molar-refractivity contribution < 1.29 is 32.2 Å². The fourth-order valence-corrected chi connectivity index (χ4v) is 3.28. The van der Waals surface area contributed by atoms with E-state index < -0.39 is 29.7 Å². The molecule has 1 aromatic heterocycles. The van der Waals surface area contributed by atoms with E-state index in [4.69, 9.17) is 9.47 Å². The molecule has 0 radical (unpaired) electrons. The molecule has 7 nitrogen and oxygen atoms in total. The minimum absolute atomic E-state index is 0.116. The molecule has 1 atom stereocenters.